The molecular formula is C21H24FN5O4. The number of halogens is 1. The number of benzene rings is 1. The number of hydrogen-bond acceptors (Lipinski definition) is 8. The van der Waals surface area contributed by atoms with Crippen LogP contribution in [0.3, 0.4) is 0 Å². The maximum Gasteiger partial charge on any atom is 0.167 e. The molecule has 2 aliphatic heterocycles. The number of ether oxygens (including phenoxy) is 3. The number of aromatic nitrogens is 4. The highest BCUT2D eigenvalue weighted by atomic mass is 19.1. The van der Waals surface area contributed by atoms with Crippen molar-refractivity contribution in [2.75, 3.05) is 18.6 Å². The van der Waals surface area contributed by atoms with Gasteiger partial charge in [-0.25, -0.2) is 19.3 Å². The van der Waals surface area contributed by atoms with Crippen LogP contribution < -0.4 is 4.90 Å². The molecular weight excluding hydrogens is 405 g/mol. The van der Waals surface area contributed by atoms with Crippen molar-refractivity contribution in [2.24, 2.45) is 0 Å². The Morgan fingerprint density at radius 3 is 2.77 bits per heavy atom. The van der Waals surface area contributed by atoms with Gasteiger partial charge in [-0.15, -0.1) is 0 Å². The smallest absolute Gasteiger partial charge is 0.167 e. The van der Waals surface area contributed by atoms with Gasteiger partial charge in [0.05, 0.1) is 12.9 Å². The number of nitrogens with zero attached hydrogens (tertiary/aromatic N) is 5. The largest absolute Gasteiger partial charge is 0.394 e. The first-order valence-electron chi connectivity index (χ1n) is 10.1. The van der Waals surface area contributed by atoms with Gasteiger partial charge in [0, 0.05) is 13.6 Å². The Bertz CT molecular complexity index is 1110. The number of aliphatic hydroxyl groups is 1. The second-order valence-electron chi connectivity index (χ2n) is 8.32. The SMILES string of the molecule is CN(Cc1cccc(F)c1)c1ncnc2c1ncn2[C@@H]1O[C@H](CO)[C@H]2OC(C)(C)O[C@H]21. The third-order valence-corrected chi connectivity index (χ3v) is 5.59. The van der Waals surface area contributed by atoms with Crippen LogP contribution in [-0.2, 0) is 20.8 Å². The fourth-order valence-corrected chi connectivity index (χ4v) is 4.32. The van der Waals surface area contributed by atoms with Crippen molar-refractivity contribution in [3.63, 3.8) is 0 Å². The van der Waals surface area contributed by atoms with Gasteiger partial charge in [0.2, 0.25) is 0 Å². The second kappa shape index (κ2) is 7.49. The maximum absolute atomic E-state index is 13.6. The molecule has 2 aliphatic rings. The Balaban J connectivity index is 1.47. The average molecular weight is 429 g/mol. The van der Waals surface area contributed by atoms with E-state index in [-0.39, 0.29) is 18.5 Å². The van der Waals surface area contributed by atoms with Gasteiger partial charge in [0.1, 0.15) is 30.5 Å². The van der Waals surface area contributed by atoms with Gasteiger partial charge in [0.15, 0.2) is 29.0 Å². The minimum atomic E-state index is -0.771. The van der Waals surface area contributed by atoms with E-state index in [9.17, 15) is 9.50 Å². The lowest BCUT2D eigenvalue weighted by atomic mass is 10.1. The summed E-state index contributed by atoms with van der Waals surface area (Å²) in [7, 11) is 1.87. The first kappa shape index (κ1) is 20.3. The van der Waals surface area contributed by atoms with Crippen molar-refractivity contribution < 1.29 is 23.7 Å². The lowest BCUT2D eigenvalue weighted by molar-refractivity contribution is -0.199. The summed E-state index contributed by atoms with van der Waals surface area (Å²) in [5, 5.41) is 9.74. The Labute approximate surface area is 178 Å². The summed E-state index contributed by atoms with van der Waals surface area (Å²) in [4.78, 5) is 15.2. The van der Waals surface area contributed by atoms with Crippen molar-refractivity contribution in [2.45, 2.75) is 50.7 Å². The van der Waals surface area contributed by atoms with E-state index in [1.54, 1.807) is 17.0 Å². The quantitative estimate of drug-likeness (QED) is 0.658. The molecule has 10 heteroatoms. The van der Waals surface area contributed by atoms with Crippen molar-refractivity contribution in [3.8, 4) is 0 Å². The molecule has 0 saturated carbocycles. The fourth-order valence-electron chi connectivity index (χ4n) is 4.32. The van der Waals surface area contributed by atoms with Crippen LogP contribution in [0.15, 0.2) is 36.9 Å². The highest BCUT2D eigenvalue weighted by Gasteiger charge is 2.56. The lowest BCUT2D eigenvalue weighted by Gasteiger charge is -2.24. The monoisotopic (exact) mass is 429 g/mol. The van der Waals surface area contributed by atoms with E-state index >= 15 is 0 Å². The summed E-state index contributed by atoms with van der Waals surface area (Å²) in [6.45, 7) is 3.95. The van der Waals surface area contributed by atoms with E-state index in [1.807, 2.05) is 31.9 Å². The van der Waals surface area contributed by atoms with Gasteiger partial charge in [0.25, 0.3) is 0 Å². The first-order valence-corrected chi connectivity index (χ1v) is 10.1. The Morgan fingerprint density at radius 2 is 2.00 bits per heavy atom. The van der Waals surface area contributed by atoms with E-state index in [0.717, 1.165) is 5.56 Å². The van der Waals surface area contributed by atoms with Crippen LogP contribution in [0.5, 0.6) is 0 Å². The Hall–Kier alpha value is -2.66. The molecule has 4 atom stereocenters. The minimum absolute atomic E-state index is 0.180. The zero-order valence-corrected chi connectivity index (χ0v) is 17.5. The molecule has 2 aromatic heterocycles. The molecule has 2 saturated heterocycles. The lowest BCUT2D eigenvalue weighted by Crippen LogP contribution is -2.31. The van der Waals surface area contributed by atoms with Gasteiger partial charge >= 0.3 is 0 Å². The van der Waals surface area contributed by atoms with Crippen LogP contribution >= 0.6 is 0 Å². The summed E-state index contributed by atoms with van der Waals surface area (Å²) in [5.74, 6) is -0.437. The number of aliphatic hydroxyl groups excluding tert-OH is 1. The van der Waals surface area contributed by atoms with Crippen molar-refractivity contribution in [3.05, 3.63) is 48.3 Å². The number of imidazole rings is 1. The van der Waals surface area contributed by atoms with E-state index in [2.05, 4.69) is 15.0 Å². The van der Waals surface area contributed by atoms with E-state index < -0.39 is 24.2 Å². The number of fused-ring (bicyclic) bond motifs is 2. The van der Waals surface area contributed by atoms with Gasteiger partial charge in [-0.3, -0.25) is 4.57 Å². The molecule has 0 bridgehead atoms. The third-order valence-electron chi connectivity index (χ3n) is 5.59. The van der Waals surface area contributed by atoms with Crippen molar-refractivity contribution in [1.82, 2.24) is 19.5 Å². The summed E-state index contributed by atoms with van der Waals surface area (Å²) in [6.07, 6.45) is 1.24. The molecule has 31 heavy (non-hydrogen) atoms. The molecule has 0 amide bonds. The molecule has 0 unspecified atom stereocenters. The van der Waals surface area contributed by atoms with Crippen molar-refractivity contribution in [1.29, 1.82) is 0 Å². The zero-order chi connectivity index (χ0) is 21.8. The van der Waals surface area contributed by atoms with Gasteiger partial charge < -0.3 is 24.2 Å². The molecule has 164 valence electrons. The highest BCUT2D eigenvalue weighted by Crippen LogP contribution is 2.43. The predicted molar refractivity (Wildman–Crippen MR) is 109 cm³/mol. The predicted octanol–water partition coefficient (Wildman–Crippen LogP) is 2.01. The second-order valence-corrected chi connectivity index (χ2v) is 8.32. The standard InChI is InChI=1S/C21H24FN5O4/c1-21(2)30-16-14(9-28)29-20(17(16)31-21)27-11-25-15-18(23-10-24-19(15)27)26(3)8-12-5-4-6-13(22)7-12/h4-7,10-11,14,16-17,20,28H,8-9H2,1-3H3/t14-,16-,17-,20-/m1/s1. The van der Waals surface area contributed by atoms with E-state index in [0.29, 0.717) is 23.5 Å². The average Bonchev–Trinajstić information content (AvgIpc) is 3.38. The number of rotatable bonds is 5. The topological polar surface area (TPSA) is 94.8 Å². The zero-order valence-electron chi connectivity index (χ0n) is 17.5. The Morgan fingerprint density at radius 1 is 1.19 bits per heavy atom. The highest BCUT2D eigenvalue weighted by molar-refractivity contribution is 5.83. The molecule has 0 radical (unpaired) electrons. The van der Waals surface area contributed by atoms with Crippen molar-refractivity contribution >= 4 is 17.0 Å². The molecule has 0 aliphatic carbocycles. The molecule has 1 N–H and O–H groups in total. The van der Waals surface area contributed by atoms with E-state index in [4.69, 9.17) is 14.2 Å². The molecule has 5 rings (SSSR count). The van der Waals surface area contributed by atoms with Crippen LogP contribution in [-0.4, -0.2) is 62.4 Å². The van der Waals surface area contributed by atoms with Crippen LogP contribution in [0.4, 0.5) is 10.2 Å². The third kappa shape index (κ3) is 3.55. The molecule has 3 aromatic rings. The molecule has 0 spiro atoms. The van der Waals surface area contributed by atoms with Crippen LogP contribution in [0, 0.1) is 5.82 Å². The summed E-state index contributed by atoms with van der Waals surface area (Å²) >= 11 is 0. The fraction of sp³-hybridized carbons (Fsp3) is 0.476. The van der Waals surface area contributed by atoms with Gasteiger partial charge in [-0.1, -0.05) is 12.1 Å². The first-order chi connectivity index (χ1) is 14.9. The summed E-state index contributed by atoms with van der Waals surface area (Å²) in [6, 6.07) is 6.45. The molecule has 2 fully saturated rings. The minimum Gasteiger partial charge on any atom is -0.394 e. The number of anilines is 1. The molecule has 1 aromatic carbocycles. The molecule has 9 nitrogen and oxygen atoms in total. The van der Waals surface area contributed by atoms with Gasteiger partial charge in [-0.2, -0.15) is 0 Å². The normalized spacial score (nSPS) is 27.0. The van der Waals surface area contributed by atoms with Crippen LogP contribution in [0.2, 0.25) is 0 Å². The van der Waals surface area contributed by atoms with Crippen LogP contribution in [0.25, 0.3) is 11.2 Å². The molecule has 4 heterocycles. The maximum atomic E-state index is 13.6. The summed E-state index contributed by atoms with van der Waals surface area (Å²) < 4.78 is 33.4. The van der Waals surface area contributed by atoms with Gasteiger partial charge in [-0.05, 0) is 31.5 Å². The Kier molecular flexibility index (Phi) is 4.89. The van der Waals surface area contributed by atoms with E-state index in [1.165, 1.54) is 18.5 Å². The van der Waals surface area contributed by atoms with Crippen LogP contribution in [0.1, 0.15) is 25.6 Å². The summed E-state index contributed by atoms with van der Waals surface area (Å²) in [5.41, 5.74) is 1.99. The number of hydrogen-bond donors (Lipinski definition) is 1.